The molecule has 0 bridgehead atoms. The summed E-state index contributed by atoms with van der Waals surface area (Å²) in [4.78, 5) is 12.6. The molecule has 0 aliphatic carbocycles. The molecule has 0 saturated carbocycles. The number of anilines is 1. The number of benzene rings is 1. The van der Waals surface area contributed by atoms with Gasteiger partial charge in [0.05, 0.1) is 0 Å². The number of nitrogens with zero attached hydrogens (tertiary/aromatic N) is 1. The normalized spacial score (nSPS) is 11.4. The van der Waals surface area contributed by atoms with Crippen LogP contribution in [0.1, 0.15) is 26.3 Å². The Hall–Kier alpha value is -0.740. The Bertz CT molecular complexity index is 429. The van der Waals surface area contributed by atoms with E-state index >= 15 is 0 Å². The van der Waals surface area contributed by atoms with Crippen LogP contribution in [0.15, 0.2) is 18.2 Å². The fraction of sp³-hybridized carbons (Fsp3) is 0.417. The van der Waals surface area contributed by atoms with E-state index in [-0.39, 0.29) is 0 Å². The van der Waals surface area contributed by atoms with E-state index in [2.05, 4.69) is 15.9 Å². The smallest absolute Gasteiger partial charge is 0.412 e. The van der Waals surface area contributed by atoms with Crippen molar-refractivity contribution in [2.75, 3.05) is 4.90 Å². The first-order valence-electron chi connectivity index (χ1n) is 5.15. The number of hydrogen-bond donors (Lipinski definition) is 1. The highest BCUT2D eigenvalue weighted by Gasteiger charge is 2.28. The van der Waals surface area contributed by atoms with E-state index in [0.29, 0.717) is 16.0 Å². The van der Waals surface area contributed by atoms with Crippen molar-refractivity contribution >= 4 is 39.3 Å². The predicted octanol–water partition coefficient (Wildman–Crippen LogP) is 4.52. The maximum Gasteiger partial charge on any atom is 0.412 e. The molecule has 0 saturated heterocycles. The first kappa shape index (κ1) is 14.3. The molecule has 1 aromatic rings. The number of amides is 1. The standard InChI is InChI=1S/C12H15BrClNO2/c1-12(2,3)15(11(16)17)9-5-4-8(7-13)10(14)6-9/h4-6H,7H2,1-3H3,(H,16,17). The van der Waals surface area contributed by atoms with Gasteiger partial charge in [-0.1, -0.05) is 33.6 Å². The lowest BCUT2D eigenvalue weighted by Crippen LogP contribution is -2.45. The van der Waals surface area contributed by atoms with Crippen LogP contribution in [0.25, 0.3) is 0 Å². The minimum Gasteiger partial charge on any atom is -0.465 e. The second-order valence-corrected chi connectivity index (χ2v) is 5.67. The van der Waals surface area contributed by atoms with Gasteiger partial charge in [0.1, 0.15) is 0 Å². The number of rotatable bonds is 2. The van der Waals surface area contributed by atoms with E-state index < -0.39 is 11.6 Å². The monoisotopic (exact) mass is 319 g/mol. The first-order valence-corrected chi connectivity index (χ1v) is 6.65. The molecule has 1 aromatic carbocycles. The Morgan fingerprint density at radius 1 is 1.47 bits per heavy atom. The predicted molar refractivity (Wildman–Crippen MR) is 74.3 cm³/mol. The molecule has 0 spiro atoms. The third-order valence-electron chi connectivity index (χ3n) is 2.30. The third-order valence-corrected chi connectivity index (χ3v) is 3.26. The van der Waals surface area contributed by atoms with Gasteiger partial charge >= 0.3 is 6.09 Å². The molecule has 0 aliphatic rings. The van der Waals surface area contributed by atoms with E-state index in [9.17, 15) is 9.90 Å². The summed E-state index contributed by atoms with van der Waals surface area (Å²) in [7, 11) is 0. The quantitative estimate of drug-likeness (QED) is 0.814. The molecule has 5 heteroatoms. The molecule has 17 heavy (non-hydrogen) atoms. The van der Waals surface area contributed by atoms with Crippen LogP contribution in [0.4, 0.5) is 10.5 Å². The Morgan fingerprint density at radius 3 is 2.41 bits per heavy atom. The van der Waals surface area contributed by atoms with Gasteiger partial charge in [-0.2, -0.15) is 0 Å². The van der Waals surface area contributed by atoms with Crippen LogP contribution >= 0.6 is 27.5 Å². The third kappa shape index (κ3) is 3.36. The minimum atomic E-state index is -0.986. The van der Waals surface area contributed by atoms with Gasteiger partial charge in [-0.3, -0.25) is 4.90 Å². The highest BCUT2D eigenvalue weighted by atomic mass is 79.9. The summed E-state index contributed by atoms with van der Waals surface area (Å²) in [5.74, 6) is 0. The van der Waals surface area contributed by atoms with Crippen molar-refractivity contribution in [1.29, 1.82) is 0 Å². The van der Waals surface area contributed by atoms with Crippen molar-refractivity contribution < 1.29 is 9.90 Å². The summed E-state index contributed by atoms with van der Waals surface area (Å²) in [5.41, 5.74) is 1.01. The summed E-state index contributed by atoms with van der Waals surface area (Å²) in [5, 5.41) is 10.5. The van der Waals surface area contributed by atoms with Gasteiger partial charge in [-0.05, 0) is 38.5 Å². The minimum absolute atomic E-state index is 0.509. The molecule has 1 rings (SSSR count). The number of hydrogen-bond acceptors (Lipinski definition) is 1. The van der Waals surface area contributed by atoms with Gasteiger partial charge in [0.25, 0.3) is 0 Å². The molecule has 94 valence electrons. The van der Waals surface area contributed by atoms with Crippen molar-refractivity contribution in [3.8, 4) is 0 Å². The zero-order valence-electron chi connectivity index (χ0n) is 10.00. The SMILES string of the molecule is CC(C)(C)N(C(=O)O)c1ccc(CBr)c(Cl)c1. The van der Waals surface area contributed by atoms with Crippen molar-refractivity contribution in [2.24, 2.45) is 0 Å². The molecule has 0 heterocycles. The van der Waals surface area contributed by atoms with Gasteiger partial charge in [-0.25, -0.2) is 4.79 Å². The highest BCUT2D eigenvalue weighted by Crippen LogP contribution is 2.29. The maximum absolute atomic E-state index is 11.3. The van der Waals surface area contributed by atoms with Crippen molar-refractivity contribution in [2.45, 2.75) is 31.6 Å². The van der Waals surface area contributed by atoms with E-state index in [1.165, 1.54) is 4.90 Å². The molecule has 0 aromatic heterocycles. The van der Waals surface area contributed by atoms with Crippen molar-refractivity contribution in [3.05, 3.63) is 28.8 Å². The van der Waals surface area contributed by atoms with Crippen LogP contribution in [0.3, 0.4) is 0 Å². The van der Waals surface area contributed by atoms with Gasteiger partial charge in [-0.15, -0.1) is 0 Å². The van der Waals surface area contributed by atoms with Gasteiger partial charge < -0.3 is 5.11 Å². The topological polar surface area (TPSA) is 40.5 Å². The second kappa shape index (κ2) is 5.27. The number of carbonyl (C=O) groups is 1. The molecule has 0 radical (unpaired) electrons. The lowest BCUT2D eigenvalue weighted by Gasteiger charge is -2.33. The van der Waals surface area contributed by atoms with Gasteiger partial charge in [0.15, 0.2) is 0 Å². The average molecular weight is 321 g/mol. The summed E-state index contributed by atoms with van der Waals surface area (Å²) in [6, 6.07) is 5.27. The van der Waals surface area contributed by atoms with Crippen molar-refractivity contribution in [1.82, 2.24) is 0 Å². The van der Waals surface area contributed by atoms with E-state index in [1.54, 1.807) is 12.1 Å². The lowest BCUT2D eigenvalue weighted by atomic mass is 10.1. The fourth-order valence-corrected chi connectivity index (χ4v) is 2.46. The van der Waals surface area contributed by atoms with Crippen LogP contribution in [0.2, 0.25) is 5.02 Å². The molecule has 0 unspecified atom stereocenters. The zero-order valence-corrected chi connectivity index (χ0v) is 12.3. The van der Waals surface area contributed by atoms with E-state index in [0.717, 1.165) is 5.56 Å². The van der Waals surface area contributed by atoms with Gasteiger partial charge in [0.2, 0.25) is 0 Å². The van der Waals surface area contributed by atoms with Crippen LogP contribution < -0.4 is 4.90 Å². The second-order valence-electron chi connectivity index (χ2n) is 4.70. The van der Waals surface area contributed by atoms with Crippen LogP contribution in [-0.4, -0.2) is 16.7 Å². The summed E-state index contributed by atoms with van der Waals surface area (Å²) in [6.07, 6.45) is -0.986. The first-order chi connectivity index (χ1) is 7.77. The molecular weight excluding hydrogens is 305 g/mol. The van der Waals surface area contributed by atoms with E-state index in [1.807, 2.05) is 26.8 Å². The number of carboxylic acid groups (broad SMARTS) is 1. The number of halogens is 2. The van der Waals surface area contributed by atoms with Gasteiger partial charge in [0, 0.05) is 21.6 Å². The summed E-state index contributed by atoms with van der Waals surface area (Å²) in [6.45, 7) is 5.52. The lowest BCUT2D eigenvalue weighted by molar-refractivity contribution is 0.195. The number of alkyl halides is 1. The molecular formula is C12H15BrClNO2. The Labute approximate surface area is 115 Å². The molecule has 1 amide bonds. The van der Waals surface area contributed by atoms with Crippen LogP contribution in [-0.2, 0) is 5.33 Å². The summed E-state index contributed by atoms with van der Waals surface area (Å²) < 4.78 is 0. The Balaban J connectivity index is 3.21. The highest BCUT2D eigenvalue weighted by molar-refractivity contribution is 9.08. The molecule has 0 aliphatic heterocycles. The molecule has 3 nitrogen and oxygen atoms in total. The Kier molecular flexibility index (Phi) is 4.44. The Morgan fingerprint density at radius 2 is 2.06 bits per heavy atom. The molecule has 0 atom stereocenters. The summed E-state index contributed by atoms with van der Waals surface area (Å²) >= 11 is 9.40. The average Bonchev–Trinajstić information content (AvgIpc) is 2.15. The fourth-order valence-electron chi connectivity index (χ4n) is 1.57. The largest absolute Gasteiger partial charge is 0.465 e. The van der Waals surface area contributed by atoms with Crippen LogP contribution in [0, 0.1) is 0 Å². The molecule has 0 fully saturated rings. The molecule has 1 N–H and O–H groups in total. The zero-order chi connectivity index (χ0) is 13.2. The van der Waals surface area contributed by atoms with E-state index in [4.69, 9.17) is 11.6 Å². The van der Waals surface area contributed by atoms with Crippen LogP contribution in [0.5, 0.6) is 0 Å². The maximum atomic E-state index is 11.3. The van der Waals surface area contributed by atoms with Crippen molar-refractivity contribution in [3.63, 3.8) is 0 Å².